The smallest absolute Gasteiger partial charge is 0.347 e. The quantitative estimate of drug-likeness (QED) is 0.748. The van der Waals surface area contributed by atoms with Crippen molar-refractivity contribution < 1.29 is 18.7 Å². The summed E-state index contributed by atoms with van der Waals surface area (Å²) in [5, 5.41) is 0.0995. The van der Waals surface area contributed by atoms with Gasteiger partial charge in [-0.15, -0.1) is 0 Å². The molecule has 0 saturated heterocycles. The highest BCUT2D eigenvalue weighted by molar-refractivity contribution is 6.33. The molecule has 0 amide bonds. The van der Waals surface area contributed by atoms with Crippen molar-refractivity contribution in [2.75, 3.05) is 7.11 Å². The van der Waals surface area contributed by atoms with Crippen LogP contribution in [-0.4, -0.2) is 13.1 Å². The van der Waals surface area contributed by atoms with Crippen molar-refractivity contribution in [1.29, 1.82) is 0 Å². The van der Waals surface area contributed by atoms with E-state index < -0.39 is 17.0 Å². The molecule has 1 aromatic heterocycles. The minimum Gasteiger partial charge on any atom is -0.497 e. The summed E-state index contributed by atoms with van der Waals surface area (Å²) < 4.78 is 15.9. The monoisotopic (exact) mass is 364 g/mol. The van der Waals surface area contributed by atoms with Crippen molar-refractivity contribution in [2.45, 2.75) is 34.6 Å². The topological polar surface area (TPSA) is 65.7 Å². The Morgan fingerprint density at radius 3 is 2.36 bits per heavy atom. The summed E-state index contributed by atoms with van der Waals surface area (Å²) in [5.41, 5.74) is 0.0764. The maximum Gasteiger partial charge on any atom is 0.347 e. The van der Waals surface area contributed by atoms with Gasteiger partial charge in [0.2, 0.25) is 0 Å². The van der Waals surface area contributed by atoms with Gasteiger partial charge in [0.05, 0.1) is 12.5 Å². The van der Waals surface area contributed by atoms with Gasteiger partial charge >= 0.3 is 11.6 Å². The van der Waals surface area contributed by atoms with Gasteiger partial charge < -0.3 is 13.9 Å². The number of ether oxygens (including phenoxy) is 2. The average Bonchev–Trinajstić information content (AvgIpc) is 2.52. The average molecular weight is 365 g/mol. The van der Waals surface area contributed by atoms with Gasteiger partial charge in [-0.05, 0) is 57.9 Å². The van der Waals surface area contributed by atoms with Crippen LogP contribution in [0.15, 0.2) is 27.4 Å². The summed E-state index contributed by atoms with van der Waals surface area (Å²) in [6.07, 6.45) is 0. The third-order valence-electron chi connectivity index (χ3n) is 3.70. The predicted octanol–water partition coefficient (Wildman–Crippen LogP) is 4.54. The van der Waals surface area contributed by atoms with E-state index in [1.165, 1.54) is 0 Å². The van der Waals surface area contributed by atoms with Gasteiger partial charge in [0.1, 0.15) is 22.1 Å². The van der Waals surface area contributed by atoms with Crippen LogP contribution in [0.25, 0.3) is 11.1 Å². The predicted molar refractivity (Wildman–Crippen MR) is 96.5 cm³/mol. The molecule has 0 N–H and O–H groups in total. The van der Waals surface area contributed by atoms with E-state index in [2.05, 4.69) is 0 Å². The molecule has 0 radical (unpaired) electrons. The number of halogens is 1. The van der Waals surface area contributed by atoms with E-state index in [-0.39, 0.29) is 22.1 Å². The first-order chi connectivity index (χ1) is 11.6. The van der Waals surface area contributed by atoms with Gasteiger partial charge in [0, 0.05) is 0 Å². The van der Waals surface area contributed by atoms with Gasteiger partial charge in [-0.25, -0.2) is 4.79 Å². The zero-order chi connectivity index (χ0) is 18.9. The Hall–Kier alpha value is -2.27. The lowest BCUT2D eigenvalue weighted by Crippen LogP contribution is -2.26. The van der Waals surface area contributed by atoms with Crippen molar-refractivity contribution in [2.24, 2.45) is 5.41 Å². The van der Waals surface area contributed by atoms with Crippen molar-refractivity contribution in [1.82, 2.24) is 0 Å². The van der Waals surface area contributed by atoms with E-state index in [0.29, 0.717) is 11.3 Å². The highest BCUT2D eigenvalue weighted by Crippen LogP contribution is 2.38. The molecule has 1 aromatic carbocycles. The molecule has 25 heavy (non-hydrogen) atoms. The molecule has 0 bridgehead atoms. The highest BCUT2D eigenvalue weighted by Gasteiger charge is 2.29. The van der Waals surface area contributed by atoms with Gasteiger partial charge in [-0.3, -0.25) is 4.79 Å². The Balaban J connectivity index is 2.71. The molecular formula is C19H21ClO5. The maximum absolute atomic E-state index is 12.5. The number of rotatable bonds is 3. The zero-order valence-electron chi connectivity index (χ0n) is 15.2. The van der Waals surface area contributed by atoms with Crippen LogP contribution in [0.2, 0.25) is 5.02 Å². The molecule has 0 aliphatic rings. The second-order valence-electron chi connectivity index (χ2n) is 6.78. The fraction of sp³-hybridized carbons (Fsp3) is 0.368. The molecule has 2 aromatic rings. The van der Waals surface area contributed by atoms with E-state index in [1.54, 1.807) is 53.0 Å². The van der Waals surface area contributed by atoms with Crippen LogP contribution < -0.4 is 15.1 Å². The molecule has 0 spiro atoms. The number of benzene rings is 1. The number of carbonyl (C=O) groups is 1. The summed E-state index contributed by atoms with van der Waals surface area (Å²) in [6.45, 7) is 8.53. The Morgan fingerprint density at radius 1 is 1.20 bits per heavy atom. The minimum absolute atomic E-state index is 0.0172. The van der Waals surface area contributed by atoms with Crippen LogP contribution >= 0.6 is 11.6 Å². The van der Waals surface area contributed by atoms with Crippen LogP contribution in [0.4, 0.5) is 0 Å². The molecule has 5 nitrogen and oxygen atoms in total. The summed E-state index contributed by atoms with van der Waals surface area (Å²) in [5.74, 6) is 0.366. The van der Waals surface area contributed by atoms with Crippen LogP contribution in [0.1, 0.15) is 32.1 Å². The molecule has 1 heterocycles. The van der Waals surface area contributed by atoms with E-state index in [9.17, 15) is 9.59 Å². The van der Waals surface area contributed by atoms with Crippen molar-refractivity contribution in [3.05, 3.63) is 45.0 Å². The number of methoxy groups -OCH3 is 1. The Kier molecular flexibility index (Phi) is 5.28. The van der Waals surface area contributed by atoms with E-state index in [1.807, 2.05) is 6.92 Å². The number of hydrogen-bond donors (Lipinski definition) is 0. The number of aryl methyl sites for hydroxylation is 2. The lowest BCUT2D eigenvalue weighted by Gasteiger charge is -2.19. The number of hydrogen-bond acceptors (Lipinski definition) is 5. The standard InChI is InChI=1S/C19H21ClO5/c1-10-9-12(23-6)7-8-13(10)14-16(25-18(22)19(3,4)5)15(20)11(2)24-17(14)21/h7-9H,1-6H3. The lowest BCUT2D eigenvalue weighted by atomic mass is 9.97. The fourth-order valence-electron chi connectivity index (χ4n) is 2.21. The molecule has 6 heteroatoms. The normalized spacial score (nSPS) is 11.3. The molecule has 0 atom stereocenters. The summed E-state index contributed by atoms with van der Waals surface area (Å²) in [4.78, 5) is 24.8. The maximum atomic E-state index is 12.5. The van der Waals surface area contributed by atoms with Crippen molar-refractivity contribution >= 4 is 17.6 Å². The van der Waals surface area contributed by atoms with Crippen LogP contribution in [0.5, 0.6) is 11.5 Å². The van der Waals surface area contributed by atoms with Crippen LogP contribution in [0, 0.1) is 19.3 Å². The summed E-state index contributed by atoms with van der Waals surface area (Å²) in [7, 11) is 1.56. The molecule has 0 aliphatic heterocycles. The SMILES string of the molecule is COc1ccc(-c2c(OC(=O)C(C)(C)C)c(Cl)c(C)oc2=O)c(C)c1. The summed E-state index contributed by atoms with van der Waals surface area (Å²) >= 11 is 6.29. The first-order valence-electron chi connectivity index (χ1n) is 7.76. The van der Waals surface area contributed by atoms with Gasteiger partial charge in [-0.1, -0.05) is 17.7 Å². The van der Waals surface area contributed by atoms with Crippen LogP contribution in [-0.2, 0) is 4.79 Å². The third kappa shape index (κ3) is 3.87. The molecular weight excluding hydrogens is 344 g/mol. The second-order valence-corrected chi connectivity index (χ2v) is 7.16. The minimum atomic E-state index is -0.751. The fourth-order valence-corrected chi connectivity index (χ4v) is 2.39. The molecule has 0 unspecified atom stereocenters. The molecule has 2 rings (SSSR count). The van der Waals surface area contributed by atoms with Gasteiger partial charge in [0.25, 0.3) is 0 Å². The zero-order valence-corrected chi connectivity index (χ0v) is 15.9. The van der Waals surface area contributed by atoms with Gasteiger partial charge in [-0.2, -0.15) is 0 Å². The molecule has 0 saturated carbocycles. The van der Waals surface area contributed by atoms with Crippen molar-refractivity contribution in [3.8, 4) is 22.6 Å². The molecule has 134 valence electrons. The Bertz CT molecular complexity index is 875. The first-order valence-corrected chi connectivity index (χ1v) is 8.14. The first kappa shape index (κ1) is 19.1. The van der Waals surface area contributed by atoms with E-state index in [0.717, 1.165) is 5.56 Å². The third-order valence-corrected chi connectivity index (χ3v) is 4.13. The lowest BCUT2D eigenvalue weighted by molar-refractivity contribution is -0.142. The second kappa shape index (κ2) is 6.92. The Morgan fingerprint density at radius 2 is 1.84 bits per heavy atom. The van der Waals surface area contributed by atoms with Crippen LogP contribution in [0.3, 0.4) is 0 Å². The highest BCUT2D eigenvalue weighted by atomic mass is 35.5. The van der Waals surface area contributed by atoms with Gasteiger partial charge in [0.15, 0.2) is 5.75 Å². The Labute approximate surface area is 151 Å². The largest absolute Gasteiger partial charge is 0.497 e. The van der Waals surface area contributed by atoms with Crippen molar-refractivity contribution in [3.63, 3.8) is 0 Å². The molecule has 0 aliphatic carbocycles. The number of esters is 1. The summed E-state index contributed by atoms with van der Waals surface area (Å²) in [6, 6.07) is 5.20. The van der Waals surface area contributed by atoms with E-state index >= 15 is 0 Å². The number of carbonyl (C=O) groups excluding carboxylic acids is 1. The molecule has 0 fully saturated rings. The van der Waals surface area contributed by atoms with E-state index in [4.69, 9.17) is 25.5 Å².